The average Bonchev–Trinajstić information content (AvgIpc) is 3.32. The van der Waals surface area contributed by atoms with E-state index in [1.165, 1.54) is 17.8 Å². The summed E-state index contributed by atoms with van der Waals surface area (Å²) in [6.07, 6.45) is 8.39. The highest BCUT2D eigenvalue weighted by molar-refractivity contribution is 5.81. The molecule has 1 aliphatic rings. The third-order valence-corrected chi connectivity index (χ3v) is 5.26. The molecule has 0 aliphatic carbocycles. The number of nitrogens with two attached hydrogens (primary N) is 1. The summed E-state index contributed by atoms with van der Waals surface area (Å²) in [6.45, 7) is 2.99. The van der Waals surface area contributed by atoms with Crippen molar-refractivity contribution in [3.63, 3.8) is 0 Å². The Morgan fingerprint density at radius 3 is 2.88 bits per heavy atom. The van der Waals surface area contributed by atoms with Crippen molar-refractivity contribution in [1.82, 2.24) is 19.5 Å². The van der Waals surface area contributed by atoms with Crippen LogP contribution in [0.15, 0.2) is 6.33 Å². The second kappa shape index (κ2) is 9.91. The fourth-order valence-corrected chi connectivity index (χ4v) is 3.59. The van der Waals surface area contributed by atoms with Crippen LogP contribution in [-0.4, -0.2) is 49.8 Å². The molecule has 3 atom stereocenters. The molecule has 0 aromatic carbocycles. The Labute approximate surface area is 184 Å². The van der Waals surface area contributed by atoms with Crippen molar-refractivity contribution in [2.75, 3.05) is 12.3 Å². The number of unbranched alkanes of at least 4 members (excludes halogenated alkanes) is 3. The van der Waals surface area contributed by atoms with Gasteiger partial charge in [-0.2, -0.15) is 14.4 Å². The monoisotopic (exact) mass is 447 g/mol. The van der Waals surface area contributed by atoms with Crippen LogP contribution >= 0.6 is 0 Å². The molecule has 11 heteroatoms. The van der Waals surface area contributed by atoms with E-state index < -0.39 is 35.9 Å². The third-order valence-electron chi connectivity index (χ3n) is 5.26. The number of carbonyl (C=O) groups excluding carboxylic acids is 2. The summed E-state index contributed by atoms with van der Waals surface area (Å²) >= 11 is 0. The number of anilines is 1. The molecule has 0 radical (unpaired) electrons. The topological polar surface area (TPSA) is 131 Å². The lowest BCUT2D eigenvalue weighted by Crippen LogP contribution is -2.45. The number of aromatic nitrogens is 4. The van der Waals surface area contributed by atoms with Crippen molar-refractivity contribution >= 4 is 28.9 Å². The maximum Gasteiger partial charge on any atom is 0.312 e. The SMILES string of the molecule is C#C[C@]1(COC(C)=O)O[C@@H](n2cnc3c(N)nc(F)nc32)C[C@@H]1OC(=O)CCCCCC. The second-order valence-electron chi connectivity index (χ2n) is 7.61. The fraction of sp³-hybridized carbons (Fsp3) is 0.571. The number of imidazole rings is 1. The van der Waals surface area contributed by atoms with Crippen LogP contribution in [0.3, 0.4) is 0 Å². The first-order chi connectivity index (χ1) is 15.3. The number of esters is 2. The summed E-state index contributed by atoms with van der Waals surface area (Å²) in [6, 6.07) is 0. The number of hydrogen-bond acceptors (Lipinski definition) is 9. The molecule has 2 aromatic heterocycles. The van der Waals surface area contributed by atoms with Crippen LogP contribution in [0, 0.1) is 18.4 Å². The first-order valence-electron chi connectivity index (χ1n) is 10.4. The first kappa shape index (κ1) is 23.4. The van der Waals surface area contributed by atoms with Gasteiger partial charge in [-0.1, -0.05) is 32.1 Å². The van der Waals surface area contributed by atoms with E-state index in [0.717, 1.165) is 19.3 Å². The van der Waals surface area contributed by atoms with E-state index in [1.807, 2.05) is 0 Å². The van der Waals surface area contributed by atoms with Gasteiger partial charge in [-0.15, -0.1) is 6.42 Å². The van der Waals surface area contributed by atoms with Crippen molar-refractivity contribution in [1.29, 1.82) is 0 Å². The van der Waals surface area contributed by atoms with Gasteiger partial charge in [0.25, 0.3) is 0 Å². The second-order valence-corrected chi connectivity index (χ2v) is 7.61. The number of hydrogen-bond donors (Lipinski definition) is 1. The van der Waals surface area contributed by atoms with Crippen molar-refractivity contribution in [3.8, 4) is 12.3 Å². The number of nitrogens with zero attached hydrogens (tertiary/aromatic N) is 4. The predicted molar refractivity (Wildman–Crippen MR) is 111 cm³/mol. The molecular weight excluding hydrogens is 421 g/mol. The summed E-state index contributed by atoms with van der Waals surface area (Å²) in [5.41, 5.74) is 4.49. The molecule has 3 heterocycles. The Bertz CT molecular complexity index is 1040. The minimum atomic E-state index is -1.52. The Morgan fingerprint density at radius 2 is 2.19 bits per heavy atom. The van der Waals surface area contributed by atoms with Crippen molar-refractivity contribution < 1.29 is 28.2 Å². The third kappa shape index (κ3) is 4.96. The molecule has 1 fully saturated rings. The van der Waals surface area contributed by atoms with Crippen LogP contribution < -0.4 is 5.73 Å². The minimum Gasteiger partial charge on any atom is -0.462 e. The van der Waals surface area contributed by atoms with Crippen LogP contribution in [0.1, 0.15) is 58.6 Å². The number of rotatable bonds is 9. The molecule has 0 bridgehead atoms. The Morgan fingerprint density at radius 1 is 1.41 bits per heavy atom. The summed E-state index contributed by atoms with van der Waals surface area (Å²) in [5.74, 6) is 1.37. The molecule has 172 valence electrons. The minimum absolute atomic E-state index is 0.102. The Hall–Kier alpha value is -3.26. The number of nitrogen functional groups attached to an aromatic ring is 1. The molecule has 0 unspecified atom stereocenters. The van der Waals surface area contributed by atoms with Crippen LogP contribution in [0.4, 0.5) is 10.2 Å². The molecule has 0 spiro atoms. The largest absolute Gasteiger partial charge is 0.462 e. The maximum atomic E-state index is 13.7. The fourth-order valence-electron chi connectivity index (χ4n) is 3.59. The van der Waals surface area contributed by atoms with Gasteiger partial charge < -0.3 is 19.9 Å². The zero-order valence-corrected chi connectivity index (χ0v) is 18.0. The van der Waals surface area contributed by atoms with Crippen molar-refractivity contribution in [2.24, 2.45) is 0 Å². The molecule has 0 saturated carbocycles. The van der Waals surface area contributed by atoms with E-state index in [1.54, 1.807) is 0 Å². The van der Waals surface area contributed by atoms with Gasteiger partial charge in [0.15, 0.2) is 17.0 Å². The molecule has 10 nitrogen and oxygen atoms in total. The Balaban J connectivity index is 1.85. The highest BCUT2D eigenvalue weighted by atomic mass is 19.1. The van der Waals surface area contributed by atoms with E-state index >= 15 is 0 Å². The van der Waals surface area contributed by atoms with Gasteiger partial charge in [0, 0.05) is 19.8 Å². The van der Waals surface area contributed by atoms with E-state index in [4.69, 9.17) is 26.4 Å². The number of terminal acetylenes is 1. The van der Waals surface area contributed by atoms with Gasteiger partial charge >= 0.3 is 18.0 Å². The summed E-state index contributed by atoms with van der Waals surface area (Å²) in [4.78, 5) is 35.2. The first-order valence-corrected chi connectivity index (χ1v) is 10.4. The smallest absolute Gasteiger partial charge is 0.312 e. The van der Waals surface area contributed by atoms with Gasteiger partial charge in [0.1, 0.15) is 18.9 Å². The molecule has 1 aliphatic heterocycles. The normalized spacial score (nSPS) is 22.6. The zero-order chi connectivity index (χ0) is 23.3. The van der Waals surface area contributed by atoms with Gasteiger partial charge in [0.2, 0.25) is 5.60 Å². The van der Waals surface area contributed by atoms with Crippen LogP contribution in [0.25, 0.3) is 11.2 Å². The lowest BCUT2D eigenvalue weighted by Gasteiger charge is -2.28. The lowest BCUT2D eigenvalue weighted by atomic mass is 9.98. The van der Waals surface area contributed by atoms with Gasteiger partial charge in [-0.05, 0) is 6.42 Å². The molecule has 32 heavy (non-hydrogen) atoms. The number of fused-ring (bicyclic) bond motifs is 1. The summed E-state index contributed by atoms with van der Waals surface area (Å²) < 4.78 is 32.0. The van der Waals surface area contributed by atoms with E-state index in [-0.39, 0.29) is 36.4 Å². The molecule has 1 saturated heterocycles. The highest BCUT2D eigenvalue weighted by Gasteiger charge is 2.52. The molecular formula is C21H26FN5O5. The quantitative estimate of drug-likeness (QED) is 0.266. The summed E-state index contributed by atoms with van der Waals surface area (Å²) in [7, 11) is 0. The lowest BCUT2D eigenvalue weighted by molar-refractivity contribution is -0.165. The summed E-state index contributed by atoms with van der Waals surface area (Å²) in [5, 5.41) is 0. The van der Waals surface area contributed by atoms with Gasteiger partial charge in [0.05, 0.1) is 6.33 Å². The predicted octanol–water partition coefficient (Wildman–Crippen LogP) is 2.28. The van der Waals surface area contributed by atoms with Crippen LogP contribution in [0.2, 0.25) is 0 Å². The molecule has 3 rings (SSSR count). The van der Waals surface area contributed by atoms with Gasteiger partial charge in [-0.3, -0.25) is 14.2 Å². The van der Waals surface area contributed by atoms with E-state index in [9.17, 15) is 14.0 Å². The highest BCUT2D eigenvalue weighted by Crippen LogP contribution is 2.40. The maximum absolute atomic E-state index is 13.7. The average molecular weight is 447 g/mol. The van der Waals surface area contributed by atoms with Crippen LogP contribution in [-0.2, 0) is 23.8 Å². The molecule has 2 N–H and O–H groups in total. The molecule has 0 amide bonds. The van der Waals surface area contributed by atoms with E-state index in [2.05, 4.69) is 27.8 Å². The number of halogens is 1. The molecule has 2 aromatic rings. The van der Waals surface area contributed by atoms with Crippen molar-refractivity contribution in [3.05, 3.63) is 12.4 Å². The standard InChI is InChI=1S/C21H26FN5O5/c1-4-6-7-8-9-16(29)31-14-10-15(32-21(14,5-2)11-30-13(3)28)27-12-24-17-18(23)25-20(22)26-19(17)27/h2,12,14-15H,4,6-11H2,1,3H3,(H2,23,25,26)/t14-,15+,21+/m0/s1. The number of ether oxygens (including phenoxy) is 3. The zero-order valence-electron chi connectivity index (χ0n) is 18.0. The number of carbonyl (C=O) groups is 2. The van der Waals surface area contributed by atoms with Crippen LogP contribution in [0.5, 0.6) is 0 Å². The van der Waals surface area contributed by atoms with E-state index in [0.29, 0.717) is 6.42 Å². The Kier molecular flexibility index (Phi) is 7.25. The van der Waals surface area contributed by atoms with Crippen molar-refractivity contribution in [2.45, 2.75) is 70.3 Å². The van der Waals surface area contributed by atoms with Gasteiger partial charge in [-0.25, -0.2) is 4.98 Å².